The number of aliphatic hydroxyl groups excluding tert-OH is 3. The van der Waals surface area contributed by atoms with Gasteiger partial charge in [-0.3, -0.25) is 9.59 Å². The van der Waals surface area contributed by atoms with Crippen LogP contribution < -0.4 is 0 Å². The van der Waals surface area contributed by atoms with Crippen molar-refractivity contribution in [2.75, 3.05) is 21.2 Å². The summed E-state index contributed by atoms with van der Waals surface area (Å²) in [5.41, 5.74) is -1.49. The molecule has 0 bridgehead atoms. The van der Waals surface area contributed by atoms with Crippen LogP contribution in [-0.2, 0) is 47.5 Å². The van der Waals surface area contributed by atoms with E-state index in [1.807, 2.05) is 33.8 Å². The van der Waals surface area contributed by atoms with Crippen LogP contribution in [0.2, 0.25) is 0 Å². The fourth-order valence-corrected chi connectivity index (χ4v) is 7.95. The van der Waals surface area contributed by atoms with Crippen molar-refractivity contribution in [3.63, 3.8) is 0 Å². The van der Waals surface area contributed by atoms with Gasteiger partial charge in [-0.2, -0.15) is 0 Å². The van der Waals surface area contributed by atoms with E-state index in [-0.39, 0.29) is 37.5 Å². The lowest BCUT2D eigenvalue weighted by atomic mass is 9.82. The Balaban J connectivity index is 1.91. The van der Waals surface area contributed by atoms with Crippen molar-refractivity contribution in [2.45, 2.75) is 179 Å². The van der Waals surface area contributed by atoms with E-state index in [1.54, 1.807) is 58.0 Å². The predicted molar refractivity (Wildman–Crippen MR) is 205 cm³/mol. The highest BCUT2D eigenvalue weighted by Crippen LogP contribution is 2.37. The van der Waals surface area contributed by atoms with E-state index in [4.69, 9.17) is 33.2 Å². The largest absolute Gasteiger partial charge is 0.462 e. The van der Waals surface area contributed by atoms with Crippen LogP contribution in [0.5, 0.6) is 0 Å². The number of hydrogen-bond donors (Lipinski definition) is 4. The molecule has 0 aromatic heterocycles. The second-order valence-electron chi connectivity index (χ2n) is 16.6. The summed E-state index contributed by atoms with van der Waals surface area (Å²) in [6.07, 6.45) is -3.22. The monoisotopic (exact) mass is 799 g/mol. The SMILES string of the molecule is CCC1CC=CC=CC(O)C(C)CC(CC=O)C(OC2OC(C)C(OC3CC(C)(O)C(OC(=O)CC(C)C)C(C)O3)C(N(C)C)C2O)C(OC)C(O)CC(=O)O1. The second-order valence-corrected chi connectivity index (χ2v) is 16.6. The van der Waals surface area contributed by atoms with E-state index in [0.29, 0.717) is 12.8 Å². The van der Waals surface area contributed by atoms with Crippen molar-refractivity contribution < 1.29 is 68.0 Å². The maximum atomic E-state index is 13.1. The van der Waals surface area contributed by atoms with Gasteiger partial charge in [0.15, 0.2) is 18.7 Å². The van der Waals surface area contributed by atoms with E-state index >= 15 is 0 Å². The van der Waals surface area contributed by atoms with Crippen molar-refractivity contribution in [1.82, 2.24) is 4.90 Å². The number of likely N-dealkylation sites (N-methyl/N-ethyl adjacent to an activating group) is 1. The first-order valence-corrected chi connectivity index (χ1v) is 20.1. The van der Waals surface area contributed by atoms with Gasteiger partial charge in [0.05, 0.1) is 43.0 Å². The summed E-state index contributed by atoms with van der Waals surface area (Å²) in [6, 6.07) is -0.754. The Bertz CT molecular complexity index is 1290. The predicted octanol–water partition coefficient (Wildman–Crippen LogP) is 2.83. The topological polar surface area (TPSA) is 200 Å². The number of aldehydes is 1. The van der Waals surface area contributed by atoms with Crippen molar-refractivity contribution in [3.8, 4) is 0 Å². The molecule has 3 aliphatic rings. The number of ether oxygens (including phenoxy) is 7. The number of hydrogen-bond acceptors (Lipinski definition) is 15. The standard InChI is InChI=1S/C41H69NO14/c1-11-28-15-13-12-14-16-29(44)24(4)20-27(17-18-43)37(38(50-10)30(45)21-32(47)53-28)56-40-35(48)34(42(8)9)36(25(5)52-40)55-33-22-41(7,49)39(26(6)51-33)54-31(46)19-23(2)3/h12-14,16,18,23-30,33-40,44-45,48-49H,11,15,17,19-22H2,1-10H3. The molecule has 16 atom stereocenters. The summed E-state index contributed by atoms with van der Waals surface area (Å²) in [5, 5.41) is 45.9. The molecule has 3 aliphatic heterocycles. The number of esters is 2. The first-order chi connectivity index (χ1) is 26.3. The average Bonchev–Trinajstić information content (AvgIpc) is 3.09. The minimum absolute atomic E-state index is 0.0316. The molecule has 2 saturated heterocycles. The number of rotatable bonds is 12. The van der Waals surface area contributed by atoms with Crippen molar-refractivity contribution in [1.29, 1.82) is 0 Å². The molecule has 0 amide bonds. The van der Waals surface area contributed by atoms with Crippen LogP contribution in [0.1, 0.15) is 93.4 Å². The number of allylic oxidation sites excluding steroid dienone is 2. The van der Waals surface area contributed by atoms with Gasteiger partial charge in [0.25, 0.3) is 0 Å². The van der Waals surface area contributed by atoms with Crippen LogP contribution >= 0.6 is 0 Å². The lowest BCUT2D eigenvalue weighted by Crippen LogP contribution is -2.66. The smallest absolute Gasteiger partial charge is 0.308 e. The average molecular weight is 800 g/mol. The summed E-state index contributed by atoms with van der Waals surface area (Å²) in [6.45, 7) is 12.5. The van der Waals surface area contributed by atoms with Crippen molar-refractivity contribution >= 4 is 18.2 Å². The number of carbonyl (C=O) groups is 3. The zero-order valence-electron chi connectivity index (χ0n) is 34.9. The van der Waals surface area contributed by atoms with Gasteiger partial charge >= 0.3 is 11.9 Å². The Hall–Kier alpha value is -2.31. The molecule has 322 valence electrons. The van der Waals surface area contributed by atoms with Gasteiger partial charge in [-0.05, 0) is 65.5 Å². The molecule has 0 saturated carbocycles. The highest BCUT2D eigenvalue weighted by atomic mass is 16.7. The van der Waals surface area contributed by atoms with Crippen LogP contribution in [-0.4, -0.2) is 150 Å². The first-order valence-electron chi connectivity index (χ1n) is 20.1. The summed E-state index contributed by atoms with van der Waals surface area (Å²) in [7, 11) is 4.87. The van der Waals surface area contributed by atoms with Gasteiger partial charge in [0, 0.05) is 32.8 Å². The van der Waals surface area contributed by atoms with Gasteiger partial charge in [0.2, 0.25) is 0 Å². The third-order valence-corrected chi connectivity index (χ3v) is 11.0. The summed E-state index contributed by atoms with van der Waals surface area (Å²) in [4.78, 5) is 39.5. The van der Waals surface area contributed by atoms with E-state index < -0.39 is 110 Å². The molecule has 3 rings (SSSR count). The molecule has 4 N–H and O–H groups in total. The minimum atomic E-state index is -1.49. The Morgan fingerprint density at radius 3 is 2.34 bits per heavy atom. The molecule has 15 nitrogen and oxygen atoms in total. The summed E-state index contributed by atoms with van der Waals surface area (Å²) in [5.74, 6) is -2.02. The molecule has 56 heavy (non-hydrogen) atoms. The van der Waals surface area contributed by atoms with Gasteiger partial charge in [-0.15, -0.1) is 0 Å². The number of methoxy groups -OCH3 is 1. The normalized spacial score (nSPS) is 40.7. The fourth-order valence-electron chi connectivity index (χ4n) is 7.95. The molecule has 0 aromatic carbocycles. The molecule has 16 unspecified atom stereocenters. The lowest BCUT2D eigenvalue weighted by Gasteiger charge is -2.50. The molecule has 0 radical (unpaired) electrons. The van der Waals surface area contributed by atoms with Gasteiger partial charge in [-0.25, -0.2) is 0 Å². The Morgan fingerprint density at radius 2 is 1.75 bits per heavy atom. The first kappa shape index (κ1) is 48.1. The van der Waals surface area contributed by atoms with E-state index in [9.17, 15) is 34.8 Å². The second kappa shape index (κ2) is 22.2. The van der Waals surface area contributed by atoms with Gasteiger partial charge in [0.1, 0.15) is 36.3 Å². The summed E-state index contributed by atoms with van der Waals surface area (Å²) < 4.78 is 42.6. The Kier molecular flexibility index (Phi) is 19.0. The molecular formula is C41H69NO14. The van der Waals surface area contributed by atoms with E-state index in [2.05, 4.69) is 0 Å². The third-order valence-electron chi connectivity index (χ3n) is 11.0. The molecule has 2 fully saturated rings. The van der Waals surface area contributed by atoms with Crippen LogP contribution in [0, 0.1) is 17.8 Å². The number of nitrogens with zero attached hydrogens (tertiary/aromatic N) is 1. The zero-order valence-corrected chi connectivity index (χ0v) is 34.9. The van der Waals surface area contributed by atoms with Crippen molar-refractivity contribution in [2.24, 2.45) is 17.8 Å². The summed E-state index contributed by atoms with van der Waals surface area (Å²) >= 11 is 0. The maximum Gasteiger partial charge on any atom is 0.308 e. The molecule has 15 heteroatoms. The lowest BCUT2D eigenvalue weighted by molar-refractivity contribution is -0.344. The Morgan fingerprint density at radius 1 is 1.05 bits per heavy atom. The molecule has 3 heterocycles. The van der Waals surface area contributed by atoms with Gasteiger partial charge < -0.3 is 63.3 Å². The molecular weight excluding hydrogens is 730 g/mol. The highest BCUT2D eigenvalue weighted by Gasteiger charge is 2.52. The molecule has 0 aliphatic carbocycles. The van der Waals surface area contributed by atoms with E-state index in [1.165, 1.54) is 7.11 Å². The number of aliphatic hydroxyl groups is 4. The number of carbonyl (C=O) groups excluding carboxylic acids is 3. The van der Waals surface area contributed by atoms with Crippen LogP contribution in [0.4, 0.5) is 0 Å². The maximum absolute atomic E-state index is 13.1. The van der Waals surface area contributed by atoms with Crippen LogP contribution in [0.3, 0.4) is 0 Å². The highest BCUT2D eigenvalue weighted by molar-refractivity contribution is 5.70. The van der Waals surface area contributed by atoms with Crippen molar-refractivity contribution in [3.05, 3.63) is 24.3 Å². The van der Waals surface area contributed by atoms with Crippen LogP contribution in [0.25, 0.3) is 0 Å². The van der Waals surface area contributed by atoms with Crippen LogP contribution in [0.15, 0.2) is 24.3 Å². The minimum Gasteiger partial charge on any atom is -0.462 e. The fraction of sp³-hybridized carbons (Fsp3) is 0.829. The number of cyclic esters (lactones) is 1. The molecule has 0 spiro atoms. The molecule has 0 aromatic rings. The zero-order chi connectivity index (χ0) is 41.9. The van der Waals surface area contributed by atoms with Gasteiger partial charge in [-0.1, -0.05) is 52.0 Å². The van der Waals surface area contributed by atoms with E-state index in [0.717, 1.165) is 6.29 Å². The Labute approximate surface area is 332 Å². The third kappa shape index (κ3) is 13.4. The quantitative estimate of drug-likeness (QED) is 0.166.